The Kier molecular flexibility index (Phi) is 7.95. The molecule has 1 amide bonds. The Morgan fingerprint density at radius 1 is 1.22 bits per heavy atom. The van der Waals surface area contributed by atoms with Crippen molar-refractivity contribution >= 4 is 38.2 Å². The van der Waals surface area contributed by atoms with Crippen molar-refractivity contribution in [2.45, 2.75) is 59.4 Å². The van der Waals surface area contributed by atoms with E-state index in [0.29, 0.717) is 24.1 Å². The number of primary amides is 1. The molecule has 196 valence electrons. The number of nitrogens with two attached hydrogens (primary N) is 1. The summed E-state index contributed by atoms with van der Waals surface area (Å²) in [5.74, 6) is -0.103. The van der Waals surface area contributed by atoms with Gasteiger partial charge in [0.1, 0.15) is 0 Å². The summed E-state index contributed by atoms with van der Waals surface area (Å²) in [5.41, 5.74) is 9.44. The third kappa shape index (κ3) is 6.02. The van der Waals surface area contributed by atoms with Crippen LogP contribution in [0.5, 0.6) is 0 Å². The first-order valence-electron chi connectivity index (χ1n) is 12.7. The molecule has 0 bridgehead atoms. The van der Waals surface area contributed by atoms with E-state index in [9.17, 15) is 13.2 Å². The van der Waals surface area contributed by atoms with E-state index in [0.717, 1.165) is 59.3 Å². The number of rotatable bonds is 9. The SMILES string of the molecule is CCS(=O)(=O)N1CCC(c2c[nH]c3c(C(N)=O)cc(-c4ccc(CNCCC(C)(C)C)s4)cc23)CC1. The van der Waals surface area contributed by atoms with Gasteiger partial charge in [0, 0.05) is 41.0 Å². The Labute approximate surface area is 218 Å². The van der Waals surface area contributed by atoms with Gasteiger partial charge in [0.2, 0.25) is 10.0 Å². The molecule has 36 heavy (non-hydrogen) atoms. The molecular weight excluding hydrogens is 492 g/mol. The zero-order chi connectivity index (χ0) is 26.1. The molecule has 1 aliphatic rings. The van der Waals surface area contributed by atoms with Crippen LogP contribution in [0.2, 0.25) is 0 Å². The first-order valence-corrected chi connectivity index (χ1v) is 15.1. The maximum atomic E-state index is 12.4. The lowest BCUT2D eigenvalue weighted by molar-refractivity contribution is 0.100. The van der Waals surface area contributed by atoms with Crippen molar-refractivity contribution in [3.8, 4) is 10.4 Å². The number of piperidine rings is 1. The molecule has 0 atom stereocenters. The smallest absolute Gasteiger partial charge is 0.250 e. The topological polar surface area (TPSA) is 108 Å². The first kappa shape index (κ1) is 26.9. The number of carbonyl (C=O) groups is 1. The summed E-state index contributed by atoms with van der Waals surface area (Å²) in [6.45, 7) is 11.3. The number of hydrogen-bond acceptors (Lipinski definition) is 5. The highest BCUT2D eigenvalue weighted by atomic mass is 32.2. The maximum Gasteiger partial charge on any atom is 0.250 e. The standard InChI is InChI=1S/C27H38N4O3S2/c1-5-36(33,34)31-12-8-18(9-13-31)23-17-30-25-21(23)14-19(15-22(25)26(28)32)24-7-6-20(35-24)16-29-11-10-27(2,3)4/h6-7,14-15,17-18,29-30H,5,8-13,16H2,1-4H3,(H2,28,32). The molecule has 4 rings (SSSR count). The summed E-state index contributed by atoms with van der Waals surface area (Å²) in [7, 11) is -3.17. The molecule has 9 heteroatoms. The van der Waals surface area contributed by atoms with Crippen LogP contribution < -0.4 is 11.1 Å². The fraction of sp³-hybridized carbons (Fsp3) is 0.519. The summed E-state index contributed by atoms with van der Waals surface area (Å²) < 4.78 is 26.1. The maximum absolute atomic E-state index is 12.4. The molecule has 1 aliphatic heterocycles. The number of nitrogens with zero attached hydrogens (tertiary/aromatic N) is 1. The molecule has 1 saturated heterocycles. The minimum absolute atomic E-state index is 0.130. The van der Waals surface area contributed by atoms with E-state index in [2.05, 4.69) is 49.3 Å². The second-order valence-corrected chi connectivity index (χ2v) is 14.3. The minimum Gasteiger partial charge on any atom is -0.366 e. The zero-order valence-electron chi connectivity index (χ0n) is 21.7. The number of aromatic amines is 1. The van der Waals surface area contributed by atoms with E-state index >= 15 is 0 Å². The van der Waals surface area contributed by atoms with Gasteiger partial charge in [-0.2, -0.15) is 0 Å². The third-order valence-electron chi connectivity index (χ3n) is 7.04. The van der Waals surface area contributed by atoms with Crippen LogP contribution in [-0.4, -0.2) is 49.0 Å². The van der Waals surface area contributed by atoms with Crippen molar-refractivity contribution in [3.63, 3.8) is 0 Å². The first-order chi connectivity index (χ1) is 17.0. The van der Waals surface area contributed by atoms with Gasteiger partial charge < -0.3 is 16.0 Å². The van der Waals surface area contributed by atoms with Crippen LogP contribution in [0, 0.1) is 5.41 Å². The molecule has 7 nitrogen and oxygen atoms in total. The molecular formula is C27H38N4O3S2. The fourth-order valence-electron chi connectivity index (χ4n) is 4.86. The molecule has 0 radical (unpaired) electrons. The number of aromatic nitrogens is 1. The van der Waals surface area contributed by atoms with Crippen LogP contribution in [0.3, 0.4) is 0 Å². The summed E-state index contributed by atoms with van der Waals surface area (Å²) >= 11 is 1.72. The lowest BCUT2D eigenvalue weighted by Crippen LogP contribution is -2.38. The molecule has 4 N–H and O–H groups in total. The molecule has 0 spiro atoms. The van der Waals surface area contributed by atoms with Gasteiger partial charge in [-0.25, -0.2) is 12.7 Å². The van der Waals surface area contributed by atoms with Gasteiger partial charge in [-0.1, -0.05) is 20.8 Å². The van der Waals surface area contributed by atoms with Crippen molar-refractivity contribution in [2.24, 2.45) is 11.1 Å². The van der Waals surface area contributed by atoms with Gasteiger partial charge in [-0.05, 0) is 79.5 Å². The van der Waals surface area contributed by atoms with E-state index in [1.165, 1.54) is 4.88 Å². The van der Waals surface area contributed by atoms with Crippen molar-refractivity contribution in [1.82, 2.24) is 14.6 Å². The van der Waals surface area contributed by atoms with Crippen molar-refractivity contribution in [1.29, 1.82) is 0 Å². The summed E-state index contributed by atoms with van der Waals surface area (Å²) in [5, 5.41) is 4.53. The average molecular weight is 531 g/mol. The predicted octanol–water partition coefficient (Wildman–Crippen LogP) is 5.05. The Balaban J connectivity index is 1.57. The number of fused-ring (bicyclic) bond motifs is 1. The van der Waals surface area contributed by atoms with Crippen LogP contribution in [0.15, 0.2) is 30.5 Å². The highest BCUT2D eigenvalue weighted by Crippen LogP contribution is 2.38. The Hall–Kier alpha value is -2.20. The summed E-state index contributed by atoms with van der Waals surface area (Å²) in [6, 6.07) is 8.27. The van der Waals surface area contributed by atoms with Gasteiger partial charge in [-0.15, -0.1) is 11.3 Å². The van der Waals surface area contributed by atoms with Crippen LogP contribution in [0.1, 0.15) is 73.7 Å². The molecule has 3 heterocycles. The van der Waals surface area contributed by atoms with Gasteiger partial charge in [0.15, 0.2) is 0 Å². The van der Waals surface area contributed by atoms with E-state index in [1.54, 1.807) is 22.6 Å². The van der Waals surface area contributed by atoms with Crippen LogP contribution >= 0.6 is 11.3 Å². The molecule has 0 saturated carbocycles. The minimum atomic E-state index is -3.17. The zero-order valence-corrected chi connectivity index (χ0v) is 23.3. The number of thiophene rings is 1. The second-order valence-electron chi connectivity index (χ2n) is 10.9. The Bertz CT molecular complexity index is 1330. The van der Waals surface area contributed by atoms with Crippen molar-refractivity contribution in [3.05, 3.63) is 46.5 Å². The second kappa shape index (κ2) is 10.7. The van der Waals surface area contributed by atoms with E-state index < -0.39 is 15.9 Å². The summed E-state index contributed by atoms with van der Waals surface area (Å²) in [6.07, 6.45) is 4.59. The Morgan fingerprint density at radius 2 is 1.94 bits per heavy atom. The van der Waals surface area contributed by atoms with Crippen molar-refractivity contribution in [2.75, 3.05) is 25.4 Å². The molecule has 0 aliphatic carbocycles. The summed E-state index contributed by atoms with van der Waals surface area (Å²) in [4.78, 5) is 18.0. The third-order valence-corrected chi connectivity index (χ3v) is 10.1. The number of H-pyrrole nitrogens is 1. The van der Waals surface area contributed by atoms with Crippen LogP contribution in [0.25, 0.3) is 21.3 Å². The van der Waals surface area contributed by atoms with Crippen LogP contribution in [0.4, 0.5) is 0 Å². The molecule has 1 fully saturated rings. The number of sulfonamides is 1. The van der Waals surface area contributed by atoms with Gasteiger partial charge >= 0.3 is 0 Å². The lowest BCUT2D eigenvalue weighted by atomic mass is 9.89. The van der Waals surface area contributed by atoms with Crippen molar-refractivity contribution < 1.29 is 13.2 Å². The highest BCUT2D eigenvalue weighted by Gasteiger charge is 2.29. The van der Waals surface area contributed by atoms with E-state index in [1.807, 2.05) is 12.3 Å². The number of hydrogen-bond donors (Lipinski definition) is 3. The lowest BCUT2D eigenvalue weighted by Gasteiger charge is -2.31. The molecule has 2 aromatic heterocycles. The molecule has 3 aromatic rings. The number of nitrogens with one attached hydrogen (secondary N) is 2. The quantitative estimate of drug-likeness (QED) is 0.336. The largest absolute Gasteiger partial charge is 0.366 e. The number of amides is 1. The fourth-order valence-corrected chi connectivity index (χ4v) is 6.95. The number of carbonyl (C=O) groups excluding carboxylic acids is 1. The van der Waals surface area contributed by atoms with Gasteiger partial charge in [-0.3, -0.25) is 4.79 Å². The van der Waals surface area contributed by atoms with Crippen LogP contribution in [-0.2, 0) is 16.6 Å². The molecule has 0 unspecified atom stereocenters. The van der Waals surface area contributed by atoms with E-state index in [-0.39, 0.29) is 11.7 Å². The van der Waals surface area contributed by atoms with Gasteiger partial charge in [0.25, 0.3) is 5.91 Å². The normalized spacial score (nSPS) is 16.1. The monoisotopic (exact) mass is 530 g/mol. The highest BCUT2D eigenvalue weighted by molar-refractivity contribution is 7.89. The van der Waals surface area contributed by atoms with E-state index in [4.69, 9.17) is 5.73 Å². The number of benzene rings is 1. The van der Waals surface area contributed by atoms with Gasteiger partial charge in [0.05, 0.1) is 16.8 Å². The predicted molar refractivity (Wildman–Crippen MR) is 149 cm³/mol. The Morgan fingerprint density at radius 3 is 2.58 bits per heavy atom. The average Bonchev–Trinajstić information content (AvgIpc) is 3.48. The molecule has 1 aromatic carbocycles.